The Morgan fingerprint density at radius 3 is 2.18 bits per heavy atom. The van der Waals surface area contributed by atoms with Gasteiger partial charge >= 0.3 is 0 Å². The van der Waals surface area contributed by atoms with Crippen LogP contribution in [0.5, 0.6) is 0 Å². The van der Waals surface area contributed by atoms with Gasteiger partial charge in [-0.1, -0.05) is 22.0 Å². The Morgan fingerprint density at radius 2 is 1.71 bits per heavy atom. The van der Waals surface area contributed by atoms with Crippen molar-refractivity contribution in [2.45, 2.75) is 33.0 Å². The van der Waals surface area contributed by atoms with Crippen LogP contribution in [0, 0.1) is 27.7 Å². The molecule has 1 aromatic carbocycles. The van der Waals surface area contributed by atoms with Crippen molar-refractivity contribution in [2.24, 2.45) is 0 Å². The normalized spacial score (nSPS) is 10.9. The first-order valence-electron chi connectivity index (χ1n) is 5.62. The monoisotopic (exact) mass is 309 g/mol. The molecule has 0 aliphatic heterocycles. The quantitative estimate of drug-likeness (QED) is 0.716. The van der Waals surface area contributed by atoms with Gasteiger partial charge < -0.3 is 0 Å². The minimum atomic E-state index is 0.834. The zero-order valence-electron chi connectivity index (χ0n) is 10.6. The first kappa shape index (κ1) is 12.8. The van der Waals surface area contributed by atoms with Crippen molar-refractivity contribution in [3.05, 3.63) is 38.7 Å². The summed E-state index contributed by atoms with van der Waals surface area (Å²) in [6, 6.07) is 2.26. The van der Waals surface area contributed by atoms with E-state index < -0.39 is 0 Å². The molecule has 0 amide bonds. The van der Waals surface area contributed by atoms with Gasteiger partial charge in [-0.2, -0.15) is 0 Å². The number of rotatable bonds is 2. The molecule has 0 spiro atoms. The summed E-state index contributed by atoms with van der Waals surface area (Å²) in [7, 11) is 0. The zero-order valence-corrected chi connectivity index (χ0v) is 13.0. The summed E-state index contributed by atoms with van der Waals surface area (Å²) in [6.45, 7) is 8.71. The Kier molecular flexibility index (Phi) is 3.69. The SMILES string of the molecule is Cc1cc(C)c(C)c(-c2csc(CBr)n2)c1C. The van der Waals surface area contributed by atoms with E-state index >= 15 is 0 Å². The summed E-state index contributed by atoms with van der Waals surface area (Å²) in [4.78, 5) is 4.67. The standard InChI is InChI=1S/C14H16BrNS/c1-8-5-9(2)11(4)14(10(8)3)12-7-17-13(6-15)16-12/h5,7H,6H2,1-4H3. The van der Waals surface area contributed by atoms with Crippen LogP contribution < -0.4 is 0 Å². The number of hydrogen-bond acceptors (Lipinski definition) is 2. The molecule has 0 unspecified atom stereocenters. The van der Waals surface area contributed by atoms with Gasteiger partial charge in [-0.05, 0) is 49.9 Å². The van der Waals surface area contributed by atoms with Crippen LogP contribution in [0.4, 0.5) is 0 Å². The molecule has 0 fully saturated rings. The fraction of sp³-hybridized carbons (Fsp3) is 0.357. The van der Waals surface area contributed by atoms with E-state index in [0.29, 0.717) is 0 Å². The highest BCUT2D eigenvalue weighted by Gasteiger charge is 2.13. The molecule has 0 atom stereocenters. The van der Waals surface area contributed by atoms with Crippen molar-refractivity contribution in [3.8, 4) is 11.3 Å². The largest absolute Gasteiger partial charge is 0.240 e. The van der Waals surface area contributed by atoms with E-state index in [1.54, 1.807) is 11.3 Å². The van der Waals surface area contributed by atoms with Gasteiger partial charge in [0, 0.05) is 10.9 Å². The van der Waals surface area contributed by atoms with E-state index in [-0.39, 0.29) is 0 Å². The first-order chi connectivity index (χ1) is 8.04. The highest BCUT2D eigenvalue weighted by molar-refractivity contribution is 9.08. The van der Waals surface area contributed by atoms with Gasteiger partial charge in [-0.3, -0.25) is 0 Å². The van der Waals surface area contributed by atoms with Gasteiger partial charge in [0.1, 0.15) is 5.01 Å². The molecule has 1 heterocycles. The number of halogens is 1. The molecule has 3 heteroatoms. The lowest BCUT2D eigenvalue weighted by atomic mass is 9.93. The molecule has 0 saturated carbocycles. The Balaban J connectivity index is 2.65. The van der Waals surface area contributed by atoms with Crippen LogP contribution in [0.25, 0.3) is 11.3 Å². The van der Waals surface area contributed by atoms with Crippen molar-refractivity contribution in [2.75, 3.05) is 0 Å². The third-order valence-corrected chi connectivity index (χ3v) is 5.04. The summed E-state index contributed by atoms with van der Waals surface area (Å²) in [6.07, 6.45) is 0. The lowest BCUT2D eigenvalue weighted by Gasteiger charge is -2.13. The lowest BCUT2D eigenvalue weighted by Crippen LogP contribution is -1.95. The zero-order chi connectivity index (χ0) is 12.6. The van der Waals surface area contributed by atoms with E-state index in [1.807, 2.05) is 0 Å². The van der Waals surface area contributed by atoms with Gasteiger partial charge in [0.15, 0.2) is 0 Å². The number of thiazole rings is 1. The number of aryl methyl sites for hydroxylation is 2. The fourth-order valence-electron chi connectivity index (χ4n) is 2.09. The van der Waals surface area contributed by atoms with Crippen LogP contribution in [0.3, 0.4) is 0 Å². The molecular weight excluding hydrogens is 294 g/mol. The smallest absolute Gasteiger partial charge is 0.104 e. The summed E-state index contributed by atoms with van der Waals surface area (Å²) in [5, 5.41) is 4.13. The Bertz CT molecular complexity index is 531. The molecule has 90 valence electrons. The molecule has 17 heavy (non-hydrogen) atoms. The first-order valence-corrected chi connectivity index (χ1v) is 7.63. The molecule has 0 bridgehead atoms. The third-order valence-electron chi connectivity index (χ3n) is 3.29. The van der Waals surface area contributed by atoms with Crippen LogP contribution >= 0.6 is 27.3 Å². The third kappa shape index (κ3) is 2.31. The summed E-state index contributed by atoms with van der Waals surface area (Å²) >= 11 is 5.17. The van der Waals surface area contributed by atoms with E-state index in [2.05, 4.69) is 60.1 Å². The van der Waals surface area contributed by atoms with Gasteiger partial charge in [-0.25, -0.2) is 4.98 Å². The van der Waals surface area contributed by atoms with Crippen molar-refractivity contribution < 1.29 is 0 Å². The minimum Gasteiger partial charge on any atom is -0.240 e. The average Bonchev–Trinajstić information content (AvgIpc) is 2.75. The summed E-state index contributed by atoms with van der Waals surface area (Å²) in [5.74, 6) is 0. The molecule has 0 N–H and O–H groups in total. The highest BCUT2D eigenvalue weighted by atomic mass is 79.9. The van der Waals surface area contributed by atoms with Crippen LogP contribution in [-0.2, 0) is 5.33 Å². The number of hydrogen-bond donors (Lipinski definition) is 0. The summed E-state index contributed by atoms with van der Waals surface area (Å²) in [5.41, 5.74) is 7.81. The minimum absolute atomic E-state index is 0.834. The molecule has 0 radical (unpaired) electrons. The number of aromatic nitrogens is 1. The second kappa shape index (κ2) is 4.91. The molecular formula is C14H16BrNS. The maximum atomic E-state index is 4.67. The highest BCUT2D eigenvalue weighted by Crippen LogP contribution is 2.32. The van der Waals surface area contributed by atoms with Crippen molar-refractivity contribution >= 4 is 27.3 Å². The van der Waals surface area contributed by atoms with Gasteiger partial charge in [0.25, 0.3) is 0 Å². The van der Waals surface area contributed by atoms with Gasteiger partial charge in [-0.15, -0.1) is 11.3 Å². The van der Waals surface area contributed by atoms with Crippen LogP contribution in [-0.4, -0.2) is 4.98 Å². The predicted octanol–water partition coefficient (Wildman–Crippen LogP) is 4.94. The van der Waals surface area contributed by atoms with E-state index in [0.717, 1.165) is 16.0 Å². The molecule has 0 aliphatic rings. The maximum absolute atomic E-state index is 4.67. The second-order valence-corrected chi connectivity index (χ2v) is 5.90. The Hall–Kier alpha value is -0.670. The topological polar surface area (TPSA) is 12.9 Å². The molecule has 2 aromatic rings. The van der Waals surface area contributed by atoms with Gasteiger partial charge in [0.2, 0.25) is 0 Å². The number of alkyl halides is 1. The van der Waals surface area contributed by atoms with E-state index in [1.165, 1.54) is 27.8 Å². The number of nitrogens with zero attached hydrogens (tertiary/aromatic N) is 1. The Morgan fingerprint density at radius 1 is 1.12 bits per heavy atom. The lowest BCUT2D eigenvalue weighted by molar-refractivity contribution is 1.21. The van der Waals surface area contributed by atoms with Crippen LogP contribution in [0.2, 0.25) is 0 Å². The van der Waals surface area contributed by atoms with Crippen molar-refractivity contribution in [1.29, 1.82) is 0 Å². The maximum Gasteiger partial charge on any atom is 0.104 e. The van der Waals surface area contributed by atoms with Gasteiger partial charge in [0.05, 0.1) is 11.0 Å². The Labute approximate surface area is 115 Å². The average molecular weight is 310 g/mol. The molecule has 1 aromatic heterocycles. The summed E-state index contributed by atoms with van der Waals surface area (Å²) < 4.78 is 0. The van der Waals surface area contributed by atoms with E-state index in [9.17, 15) is 0 Å². The molecule has 2 rings (SSSR count). The van der Waals surface area contributed by atoms with Crippen LogP contribution in [0.15, 0.2) is 11.4 Å². The molecule has 0 aliphatic carbocycles. The number of benzene rings is 1. The fourth-order valence-corrected chi connectivity index (χ4v) is 3.24. The van der Waals surface area contributed by atoms with Crippen molar-refractivity contribution in [3.63, 3.8) is 0 Å². The van der Waals surface area contributed by atoms with Crippen molar-refractivity contribution in [1.82, 2.24) is 4.98 Å². The van der Waals surface area contributed by atoms with Crippen LogP contribution in [0.1, 0.15) is 27.3 Å². The molecule has 1 nitrogen and oxygen atoms in total. The molecule has 0 saturated heterocycles. The predicted molar refractivity (Wildman–Crippen MR) is 79.1 cm³/mol. The second-order valence-electron chi connectivity index (χ2n) is 4.40. The van der Waals surface area contributed by atoms with E-state index in [4.69, 9.17) is 0 Å².